The molecule has 1 unspecified atom stereocenters. The molecule has 0 aromatic carbocycles. The van der Waals surface area contributed by atoms with Gasteiger partial charge in [-0.05, 0) is 18.8 Å². The second-order valence-corrected chi connectivity index (χ2v) is 4.86. The minimum Gasteiger partial charge on any atom is -0.355 e. The van der Waals surface area contributed by atoms with E-state index in [0.29, 0.717) is 18.2 Å². The number of amides is 1. The van der Waals surface area contributed by atoms with E-state index in [1.54, 1.807) is 5.32 Å². The molecular formula is C10H14BrF6NO. The Kier molecular flexibility index (Phi) is 7.17. The zero-order valence-electron chi connectivity index (χ0n) is 10.0. The first-order chi connectivity index (χ1) is 8.50. The minimum absolute atomic E-state index is 0.209. The second kappa shape index (κ2) is 7.35. The van der Waals surface area contributed by atoms with Gasteiger partial charge in [0.2, 0.25) is 11.8 Å². The fraction of sp³-hybridized carbons (Fsp3) is 0.900. The Morgan fingerprint density at radius 2 is 1.63 bits per heavy atom. The van der Waals surface area contributed by atoms with E-state index in [1.165, 1.54) is 0 Å². The van der Waals surface area contributed by atoms with Crippen LogP contribution in [0, 0.1) is 11.8 Å². The average molecular weight is 358 g/mol. The Morgan fingerprint density at radius 3 is 2.00 bits per heavy atom. The van der Waals surface area contributed by atoms with Crippen molar-refractivity contribution < 1.29 is 31.1 Å². The normalized spacial score (nSPS) is 14.6. The Hall–Kier alpha value is -0.470. The molecule has 0 fully saturated rings. The molecule has 1 amide bonds. The number of nitrogens with one attached hydrogen (secondary N) is 1. The highest BCUT2D eigenvalue weighted by molar-refractivity contribution is 9.09. The van der Waals surface area contributed by atoms with Gasteiger partial charge in [-0.3, -0.25) is 4.79 Å². The summed E-state index contributed by atoms with van der Waals surface area (Å²) in [6.07, 6.45) is -10.4. The van der Waals surface area contributed by atoms with E-state index < -0.39 is 24.2 Å². The molecule has 0 bridgehead atoms. The maximum absolute atomic E-state index is 12.2. The predicted molar refractivity (Wildman–Crippen MR) is 60.8 cm³/mol. The van der Waals surface area contributed by atoms with Gasteiger partial charge < -0.3 is 5.32 Å². The first kappa shape index (κ1) is 18.5. The summed E-state index contributed by atoms with van der Waals surface area (Å²) >= 11 is 3.19. The molecule has 0 heterocycles. The largest absolute Gasteiger partial charge is 0.409 e. The van der Waals surface area contributed by atoms with Crippen LogP contribution in [0.5, 0.6) is 0 Å². The van der Waals surface area contributed by atoms with Crippen LogP contribution in [0.15, 0.2) is 0 Å². The number of halogens is 7. The van der Waals surface area contributed by atoms with Crippen molar-refractivity contribution in [3.8, 4) is 0 Å². The molecule has 0 rings (SSSR count). The molecule has 9 heteroatoms. The Labute approximate surface area is 115 Å². The monoisotopic (exact) mass is 357 g/mol. The third kappa shape index (κ3) is 7.03. The van der Waals surface area contributed by atoms with Crippen molar-refractivity contribution >= 4 is 21.8 Å². The zero-order chi connectivity index (χ0) is 15.3. The predicted octanol–water partition coefficient (Wildman–Crippen LogP) is 3.65. The fourth-order valence-electron chi connectivity index (χ4n) is 1.32. The lowest BCUT2D eigenvalue weighted by molar-refractivity contribution is -0.274. The fourth-order valence-corrected chi connectivity index (χ4v) is 1.65. The second-order valence-electron chi connectivity index (χ2n) is 4.21. The van der Waals surface area contributed by atoms with Crippen LogP contribution < -0.4 is 5.32 Å². The summed E-state index contributed by atoms with van der Waals surface area (Å²) in [6, 6.07) is 0. The van der Waals surface area contributed by atoms with Gasteiger partial charge in [-0.15, -0.1) is 0 Å². The maximum Gasteiger partial charge on any atom is 0.409 e. The molecule has 0 saturated heterocycles. The van der Waals surface area contributed by atoms with Crippen molar-refractivity contribution in [3.63, 3.8) is 0 Å². The number of hydrogen-bond acceptors (Lipinski definition) is 1. The highest BCUT2D eigenvalue weighted by Crippen LogP contribution is 2.39. The number of carbonyl (C=O) groups excluding carboxylic acids is 1. The van der Waals surface area contributed by atoms with E-state index in [4.69, 9.17) is 0 Å². The molecule has 0 aromatic heterocycles. The van der Waals surface area contributed by atoms with Gasteiger partial charge in [0.1, 0.15) is 0 Å². The molecule has 1 N–H and O–H groups in total. The van der Waals surface area contributed by atoms with E-state index in [2.05, 4.69) is 15.9 Å². The summed E-state index contributed by atoms with van der Waals surface area (Å²) in [6.45, 7) is 1.66. The molecule has 0 aliphatic rings. The number of rotatable bonds is 6. The van der Waals surface area contributed by atoms with Crippen LogP contribution in [-0.2, 0) is 4.79 Å². The van der Waals surface area contributed by atoms with Gasteiger partial charge in [-0.2, -0.15) is 26.3 Å². The Balaban J connectivity index is 4.37. The molecule has 0 aliphatic carbocycles. The topological polar surface area (TPSA) is 29.1 Å². The lowest BCUT2D eigenvalue weighted by Crippen LogP contribution is -2.48. The lowest BCUT2D eigenvalue weighted by Gasteiger charge is -2.22. The first-order valence-electron chi connectivity index (χ1n) is 5.47. The van der Waals surface area contributed by atoms with E-state index >= 15 is 0 Å². The summed E-state index contributed by atoms with van der Waals surface area (Å²) in [5.74, 6) is -5.78. The molecule has 114 valence electrons. The van der Waals surface area contributed by atoms with Crippen LogP contribution in [0.1, 0.15) is 19.8 Å². The van der Waals surface area contributed by atoms with Gasteiger partial charge >= 0.3 is 12.4 Å². The van der Waals surface area contributed by atoms with Crippen molar-refractivity contribution in [3.05, 3.63) is 0 Å². The van der Waals surface area contributed by atoms with Gasteiger partial charge in [0.25, 0.3) is 0 Å². The summed E-state index contributed by atoms with van der Waals surface area (Å²) < 4.78 is 73.0. The van der Waals surface area contributed by atoms with Crippen molar-refractivity contribution in [2.24, 2.45) is 11.8 Å². The first-order valence-corrected chi connectivity index (χ1v) is 6.59. The van der Waals surface area contributed by atoms with Crippen LogP contribution in [0.4, 0.5) is 26.3 Å². The van der Waals surface area contributed by atoms with Crippen LogP contribution in [0.2, 0.25) is 0 Å². The highest BCUT2D eigenvalue weighted by Gasteiger charge is 2.60. The molecule has 0 radical (unpaired) electrons. The van der Waals surface area contributed by atoms with Crippen molar-refractivity contribution in [1.82, 2.24) is 5.32 Å². The van der Waals surface area contributed by atoms with Crippen molar-refractivity contribution in [1.29, 1.82) is 0 Å². The van der Waals surface area contributed by atoms with Gasteiger partial charge in [0.05, 0.1) is 0 Å². The Bertz CT molecular complexity index is 277. The van der Waals surface area contributed by atoms with Crippen molar-refractivity contribution in [2.75, 3.05) is 11.9 Å². The quantitative estimate of drug-likeness (QED) is 0.438. The standard InChI is InChI=1S/C10H14BrF6NO/c1-6(5-11)3-2-4-18-8(19)7(9(12,13)14)10(15,16)17/h6-7H,2-5H2,1H3,(H,18,19). The van der Waals surface area contributed by atoms with E-state index in [0.717, 1.165) is 0 Å². The van der Waals surface area contributed by atoms with E-state index in [-0.39, 0.29) is 12.5 Å². The lowest BCUT2D eigenvalue weighted by atomic mass is 10.1. The van der Waals surface area contributed by atoms with Gasteiger partial charge in [-0.1, -0.05) is 22.9 Å². The molecular weight excluding hydrogens is 344 g/mol. The molecule has 0 saturated carbocycles. The molecule has 0 aliphatic heterocycles. The summed E-state index contributed by atoms with van der Waals surface area (Å²) in [5, 5.41) is 2.36. The number of hydrogen-bond donors (Lipinski definition) is 1. The third-order valence-electron chi connectivity index (χ3n) is 2.35. The molecule has 0 aromatic rings. The highest BCUT2D eigenvalue weighted by atomic mass is 79.9. The zero-order valence-corrected chi connectivity index (χ0v) is 11.6. The number of carbonyl (C=O) groups is 1. The Morgan fingerprint density at radius 1 is 1.16 bits per heavy atom. The molecule has 19 heavy (non-hydrogen) atoms. The third-order valence-corrected chi connectivity index (χ3v) is 3.46. The minimum atomic E-state index is -5.63. The average Bonchev–Trinajstić information content (AvgIpc) is 2.19. The SMILES string of the molecule is CC(CBr)CCCNC(=O)C(C(F)(F)F)C(F)(F)F. The van der Waals surface area contributed by atoms with Gasteiger partial charge in [-0.25, -0.2) is 0 Å². The molecule has 1 atom stereocenters. The molecule has 2 nitrogen and oxygen atoms in total. The maximum atomic E-state index is 12.2. The smallest absolute Gasteiger partial charge is 0.355 e. The van der Waals surface area contributed by atoms with Gasteiger partial charge in [0, 0.05) is 11.9 Å². The summed E-state index contributed by atoms with van der Waals surface area (Å²) in [5.41, 5.74) is 0. The van der Waals surface area contributed by atoms with E-state index in [9.17, 15) is 31.1 Å². The summed E-state index contributed by atoms with van der Waals surface area (Å²) in [7, 11) is 0. The van der Waals surface area contributed by atoms with Crippen molar-refractivity contribution in [2.45, 2.75) is 32.1 Å². The van der Waals surface area contributed by atoms with E-state index in [1.807, 2.05) is 6.92 Å². The molecule has 0 spiro atoms. The summed E-state index contributed by atoms with van der Waals surface area (Å²) in [4.78, 5) is 11.0. The van der Waals surface area contributed by atoms with Gasteiger partial charge in [0.15, 0.2) is 0 Å². The van der Waals surface area contributed by atoms with Crippen LogP contribution in [0.3, 0.4) is 0 Å². The van der Waals surface area contributed by atoms with Crippen LogP contribution in [-0.4, -0.2) is 30.1 Å². The number of alkyl halides is 7. The van der Waals surface area contributed by atoms with Crippen LogP contribution >= 0.6 is 15.9 Å². The van der Waals surface area contributed by atoms with Crippen LogP contribution in [0.25, 0.3) is 0 Å².